The molecule has 2 aliphatic rings. The first-order valence-corrected chi connectivity index (χ1v) is 18.0. The monoisotopic (exact) mass is 808 g/mol. The van der Waals surface area contributed by atoms with Crippen LogP contribution in [0.4, 0.5) is 35.1 Å². The molecule has 4 unspecified atom stereocenters. The van der Waals surface area contributed by atoms with Gasteiger partial charge in [-0.2, -0.15) is 0 Å². The molecule has 0 spiro atoms. The lowest BCUT2D eigenvalue weighted by atomic mass is 9.99. The summed E-state index contributed by atoms with van der Waals surface area (Å²) in [6, 6.07) is 17.8. The lowest BCUT2D eigenvalue weighted by Gasteiger charge is -2.27. The number of likely N-dealkylation sites (tertiary alicyclic amines) is 2. The van der Waals surface area contributed by atoms with E-state index in [0.29, 0.717) is 41.9 Å². The van der Waals surface area contributed by atoms with Gasteiger partial charge in [0.15, 0.2) is 0 Å². The zero-order valence-electron chi connectivity index (χ0n) is 31.0. The van der Waals surface area contributed by atoms with E-state index in [0.717, 1.165) is 18.6 Å². The molecule has 0 aromatic heterocycles. The first-order valence-electron chi connectivity index (χ1n) is 18.0. The van der Waals surface area contributed by atoms with Crippen molar-refractivity contribution >= 4 is 11.8 Å². The van der Waals surface area contributed by atoms with Gasteiger partial charge in [0.05, 0.1) is 29.8 Å². The van der Waals surface area contributed by atoms with Crippen molar-refractivity contribution < 1.29 is 64.0 Å². The highest BCUT2D eigenvalue weighted by molar-refractivity contribution is 5.82. The van der Waals surface area contributed by atoms with E-state index >= 15 is 0 Å². The number of benzene rings is 4. The molecule has 8 nitrogen and oxygen atoms in total. The standard InChI is InChI=1S/C22H23F4NO3.C19H17F4NO3/c1-3-11-29-19-6-4-5-17(23)20(19)18-12-14(2)21(28)27(18)13-15-7-9-16(10-8-15)30-22(24,25)26;1-11-9-15(17-14(20)3-2-4-16(17)25)24(18(11)26)10-12-5-7-13(8-6-12)27-19(21,22)23/h4-10,14,18H,3,11-13H2,1-2H3;2-8,11,15,25H,9-10H2,1H3. The maximum Gasteiger partial charge on any atom is 0.573 e. The summed E-state index contributed by atoms with van der Waals surface area (Å²) < 4.78 is 116. The number of hydrogen-bond donors (Lipinski definition) is 1. The quantitative estimate of drug-likeness (QED) is 0.152. The summed E-state index contributed by atoms with van der Waals surface area (Å²) in [5.41, 5.74) is 1.56. The van der Waals surface area contributed by atoms with E-state index in [1.54, 1.807) is 30.9 Å². The predicted molar refractivity (Wildman–Crippen MR) is 191 cm³/mol. The third-order valence-corrected chi connectivity index (χ3v) is 9.51. The van der Waals surface area contributed by atoms with Crippen LogP contribution in [0.1, 0.15) is 74.4 Å². The van der Waals surface area contributed by atoms with Gasteiger partial charge in [0, 0.05) is 24.9 Å². The van der Waals surface area contributed by atoms with Crippen molar-refractivity contribution in [3.63, 3.8) is 0 Å². The Balaban J connectivity index is 0.000000219. The minimum atomic E-state index is -4.78. The summed E-state index contributed by atoms with van der Waals surface area (Å²) in [7, 11) is 0. The van der Waals surface area contributed by atoms with E-state index in [9.17, 15) is 49.8 Å². The molecule has 16 heteroatoms. The van der Waals surface area contributed by atoms with Gasteiger partial charge in [-0.3, -0.25) is 9.59 Å². The Morgan fingerprint density at radius 1 is 0.649 bits per heavy atom. The molecular weight excluding hydrogens is 768 g/mol. The van der Waals surface area contributed by atoms with Crippen LogP contribution in [0.15, 0.2) is 84.9 Å². The van der Waals surface area contributed by atoms with E-state index < -0.39 is 36.4 Å². The summed E-state index contributed by atoms with van der Waals surface area (Å²) in [6.45, 7) is 6.08. The Hall–Kier alpha value is -5.54. The molecule has 306 valence electrons. The Morgan fingerprint density at radius 2 is 1.07 bits per heavy atom. The fourth-order valence-electron chi connectivity index (χ4n) is 6.94. The van der Waals surface area contributed by atoms with Gasteiger partial charge < -0.3 is 29.1 Å². The van der Waals surface area contributed by atoms with Crippen molar-refractivity contribution in [3.05, 3.63) is 119 Å². The van der Waals surface area contributed by atoms with E-state index in [4.69, 9.17) is 4.74 Å². The maximum absolute atomic E-state index is 14.8. The smallest absolute Gasteiger partial charge is 0.507 e. The van der Waals surface area contributed by atoms with Crippen LogP contribution in [0.25, 0.3) is 0 Å². The fraction of sp³-hybridized carbons (Fsp3) is 0.366. The van der Waals surface area contributed by atoms with Crippen LogP contribution in [0, 0.1) is 23.5 Å². The number of hydrogen-bond acceptors (Lipinski definition) is 6. The highest BCUT2D eigenvalue weighted by atomic mass is 19.4. The number of rotatable bonds is 11. The number of phenols is 1. The van der Waals surface area contributed by atoms with Crippen molar-refractivity contribution in [2.45, 2.75) is 77.9 Å². The topological polar surface area (TPSA) is 88.5 Å². The Kier molecular flexibility index (Phi) is 13.2. The first-order chi connectivity index (χ1) is 26.8. The number of nitrogens with zero attached hydrogens (tertiary/aromatic N) is 2. The second-order valence-electron chi connectivity index (χ2n) is 13.8. The molecule has 0 bridgehead atoms. The zero-order valence-corrected chi connectivity index (χ0v) is 31.0. The Morgan fingerprint density at radius 3 is 1.49 bits per heavy atom. The number of halogens is 8. The van der Waals surface area contributed by atoms with Crippen LogP contribution in [0.3, 0.4) is 0 Å². The zero-order chi connectivity index (χ0) is 41.7. The normalized spacial score (nSPS) is 19.7. The van der Waals surface area contributed by atoms with E-state index in [2.05, 4.69) is 9.47 Å². The minimum Gasteiger partial charge on any atom is -0.507 e. The van der Waals surface area contributed by atoms with Crippen molar-refractivity contribution in [2.75, 3.05) is 6.61 Å². The summed E-state index contributed by atoms with van der Waals surface area (Å²) in [5.74, 6) is -2.61. The van der Waals surface area contributed by atoms with Crippen LogP contribution >= 0.6 is 0 Å². The SMILES string of the molecule is CC1CC(c2c(O)cccc2F)N(Cc2ccc(OC(F)(F)F)cc2)C1=O.CCCOc1cccc(F)c1C1CC(C)C(=O)N1Cc1ccc(OC(F)(F)F)cc1. The van der Waals surface area contributed by atoms with Crippen LogP contribution < -0.4 is 14.2 Å². The Bertz CT molecular complexity index is 1990. The lowest BCUT2D eigenvalue weighted by molar-refractivity contribution is -0.275. The first kappa shape index (κ1) is 42.6. The van der Waals surface area contributed by atoms with Gasteiger partial charge in [-0.05, 0) is 78.9 Å². The van der Waals surface area contributed by atoms with Gasteiger partial charge in [-0.15, -0.1) is 26.3 Å². The molecule has 2 heterocycles. The lowest BCUT2D eigenvalue weighted by Crippen LogP contribution is -2.29. The predicted octanol–water partition coefficient (Wildman–Crippen LogP) is 10.2. The van der Waals surface area contributed by atoms with Crippen LogP contribution in [0.2, 0.25) is 0 Å². The number of ether oxygens (including phenoxy) is 3. The molecule has 6 rings (SSSR count). The Labute approximate surface area is 323 Å². The molecule has 0 saturated carbocycles. The molecule has 2 saturated heterocycles. The van der Waals surface area contributed by atoms with Crippen LogP contribution in [-0.2, 0) is 22.7 Å². The highest BCUT2D eigenvalue weighted by Crippen LogP contribution is 2.44. The van der Waals surface area contributed by atoms with E-state index in [1.165, 1.54) is 65.6 Å². The maximum atomic E-state index is 14.8. The third-order valence-electron chi connectivity index (χ3n) is 9.51. The van der Waals surface area contributed by atoms with E-state index in [1.807, 2.05) is 6.92 Å². The summed E-state index contributed by atoms with van der Waals surface area (Å²) in [5, 5.41) is 10.1. The third kappa shape index (κ3) is 10.9. The van der Waals surface area contributed by atoms with Crippen LogP contribution in [-0.4, -0.2) is 46.1 Å². The second kappa shape index (κ2) is 17.7. The van der Waals surface area contributed by atoms with Crippen LogP contribution in [0.5, 0.6) is 23.0 Å². The number of phenolic OH excluding ortho intramolecular Hbond substituents is 1. The largest absolute Gasteiger partial charge is 0.573 e. The number of carbonyl (C=O) groups is 2. The van der Waals surface area contributed by atoms with Gasteiger partial charge in [0.25, 0.3) is 0 Å². The molecule has 2 fully saturated rings. The molecule has 4 atom stereocenters. The van der Waals surface area contributed by atoms with Crippen molar-refractivity contribution in [3.8, 4) is 23.0 Å². The summed E-state index contributed by atoms with van der Waals surface area (Å²) in [4.78, 5) is 28.3. The highest BCUT2D eigenvalue weighted by Gasteiger charge is 2.42. The minimum absolute atomic E-state index is 0.0484. The second-order valence-corrected chi connectivity index (χ2v) is 13.8. The number of alkyl halides is 6. The molecule has 2 aliphatic heterocycles. The molecule has 4 aromatic carbocycles. The molecule has 2 amide bonds. The molecule has 0 aliphatic carbocycles. The molecule has 1 N–H and O–H groups in total. The molecule has 57 heavy (non-hydrogen) atoms. The molecular formula is C41H40F8N2O6. The van der Waals surface area contributed by atoms with Gasteiger partial charge in [-0.25, -0.2) is 8.78 Å². The number of carbonyl (C=O) groups excluding carboxylic acids is 2. The number of aromatic hydroxyl groups is 1. The summed E-state index contributed by atoms with van der Waals surface area (Å²) >= 11 is 0. The van der Waals surface area contributed by atoms with Crippen molar-refractivity contribution in [2.24, 2.45) is 11.8 Å². The summed E-state index contributed by atoms with van der Waals surface area (Å²) in [6.07, 6.45) is -8.03. The fourth-order valence-corrected chi connectivity index (χ4v) is 6.94. The average molecular weight is 809 g/mol. The van der Waals surface area contributed by atoms with Gasteiger partial charge in [0.1, 0.15) is 34.6 Å². The van der Waals surface area contributed by atoms with Gasteiger partial charge in [0.2, 0.25) is 11.8 Å². The van der Waals surface area contributed by atoms with E-state index in [-0.39, 0.29) is 59.6 Å². The van der Waals surface area contributed by atoms with Crippen molar-refractivity contribution in [1.82, 2.24) is 9.80 Å². The van der Waals surface area contributed by atoms with Crippen molar-refractivity contribution in [1.29, 1.82) is 0 Å². The average Bonchev–Trinajstić information content (AvgIpc) is 3.56. The van der Waals surface area contributed by atoms with Gasteiger partial charge in [-0.1, -0.05) is 57.2 Å². The molecule has 4 aromatic rings. The number of amides is 2. The molecule has 0 radical (unpaired) electrons. The van der Waals surface area contributed by atoms with Gasteiger partial charge >= 0.3 is 12.7 Å².